The number of carbonyl (C=O) groups is 1. The fourth-order valence-electron chi connectivity index (χ4n) is 1.11. The minimum Gasteiger partial charge on any atom is -0.508 e. The molecule has 3 N–H and O–H groups in total. The van der Waals surface area contributed by atoms with E-state index in [1.807, 2.05) is 0 Å². The predicted octanol–water partition coefficient (Wildman–Crippen LogP) is 2.64. The van der Waals surface area contributed by atoms with Gasteiger partial charge in [-0.05, 0) is 44.3 Å². The third-order valence-corrected chi connectivity index (χ3v) is 3.32. The molecule has 0 aliphatic rings. The normalized spacial score (nSPS) is 10.3. The van der Waals surface area contributed by atoms with Gasteiger partial charge < -0.3 is 15.3 Å². The molecule has 1 rings (SSSR count). The van der Waals surface area contributed by atoms with Crippen molar-refractivity contribution in [2.45, 2.75) is 12.8 Å². The molecule has 0 heterocycles. The summed E-state index contributed by atoms with van der Waals surface area (Å²) in [5.41, 5.74) is 0.387. The van der Waals surface area contributed by atoms with Gasteiger partial charge in [-0.2, -0.15) is 0 Å². The van der Waals surface area contributed by atoms with E-state index in [-0.39, 0.29) is 24.3 Å². The van der Waals surface area contributed by atoms with E-state index in [1.54, 1.807) is 0 Å². The van der Waals surface area contributed by atoms with E-state index < -0.39 is 5.97 Å². The Bertz CT molecular complexity index is 404. The lowest BCUT2D eigenvalue weighted by Gasteiger charge is -2.09. The topological polar surface area (TPSA) is 77.8 Å². The van der Waals surface area contributed by atoms with Crippen molar-refractivity contribution >= 4 is 37.8 Å². The number of hydrogen-bond donors (Lipinski definition) is 3. The Kier molecular flexibility index (Phi) is 3.98. The average molecular weight is 340 g/mol. The maximum absolute atomic E-state index is 10.4. The molecular formula is C9H8Br2O4. The Balaban J connectivity index is 3.07. The number of carboxylic acid groups (broad SMARTS) is 1. The van der Waals surface area contributed by atoms with E-state index in [9.17, 15) is 15.0 Å². The van der Waals surface area contributed by atoms with E-state index in [0.717, 1.165) is 0 Å². The molecule has 0 bridgehead atoms. The van der Waals surface area contributed by atoms with E-state index in [0.29, 0.717) is 14.5 Å². The predicted molar refractivity (Wildman–Crippen MR) is 61.1 cm³/mol. The van der Waals surface area contributed by atoms with Gasteiger partial charge in [0.15, 0.2) is 0 Å². The molecule has 0 radical (unpaired) electrons. The van der Waals surface area contributed by atoms with Gasteiger partial charge in [0, 0.05) is 12.0 Å². The summed E-state index contributed by atoms with van der Waals surface area (Å²) in [7, 11) is 0. The second-order valence-corrected chi connectivity index (χ2v) is 4.56. The highest BCUT2D eigenvalue weighted by Gasteiger charge is 2.15. The highest BCUT2D eigenvalue weighted by molar-refractivity contribution is 9.11. The zero-order chi connectivity index (χ0) is 11.6. The van der Waals surface area contributed by atoms with Crippen LogP contribution in [-0.2, 0) is 11.2 Å². The molecule has 0 saturated carbocycles. The Hall–Kier alpha value is -0.750. The number of aromatic hydroxyl groups is 2. The van der Waals surface area contributed by atoms with Crippen LogP contribution in [0.1, 0.15) is 12.0 Å². The molecule has 0 saturated heterocycles. The third-order valence-electron chi connectivity index (χ3n) is 1.86. The maximum Gasteiger partial charge on any atom is 0.303 e. The number of aliphatic carboxylic acids is 1. The number of halogens is 2. The van der Waals surface area contributed by atoms with Gasteiger partial charge in [0.2, 0.25) is 0 Å². The Morgan fingerprint density at radius 3 is 2.47 bits per heavy atom. The van der Waals surface area contributed by atoms with Gasteiger partial charge in [0.25, 0.3) is 0 Å². The Labute approximate surface area is 103 Å². The average Bonchev–Trinajstić information content (AvgIpc) is 2.14. The molecule has 0 unspecified atom stereocenters. The van der Waals surface area contributed by atoms with Crippen LogP contribution >= 0.6 is 31.9 Å². The molecule has 0 atom stereocenters. The van der Waals surface area contributed by atoms with E-state index in [1.165, 1.54) is 6.07 Å². The van der Waals surface area contributed by atoms with Crippen LogP contribution in [0.4, 0.5) is 0 Å². The lowest BCUT2D eigenvalue weighted by molar-refractivity contribution is -0.136. The van der Waals surface area contributed by atoms with Crippen molar-refractivity contribution in [3.8, 4) is 11.5 Å². The second-order valence-electron chi connectivity index (χ2n) is 2.91. The number of phenolic OH excluding ortho intramolecular Hbond substituents is 2. The van der Waals surface area contributed by atoms with Crippen molar-refractivity contribution in [2.24, 2.45) is 0 Å². The first-order valence-electron chi connectivity index (χ1n) is 4.04. The first-order chi connectivity index (χ1) is 6.93. The summed E-state index contributed by atoms with van der Waals surface area (Å²) in [5, 5.41) is 27.6. The molecule has 82 valence electrons. The standard InChI is InChI=1S/C9H8Br2O4/c10-5-3-6(12)4(1-2-7(13)14)8(11)9(5)15/h3,12,15H,1-2H2,(H,13,14). The van der Waals surface area contributed by atoms with E-state index in [2.05, 4.69) is 31.9 Å². The van der Waals surface area contributed by atoms with Crippen LogP contribution < -0.4 is 0 Å². The number of phenols is 2. The Morgan fingerprint density at radius 2 is 1.93 bits per heavy atom. The summed E-state index contributed by atoms with van der Waals surface area (Å²) >= 11 is 6.15. The van der Waals surface area contributed by atoms with Crippen LogP contribution in [0.3, 0.4) is 0 Å². The monoisotopic (exact) mass is 338 g/mol. The SMILES string of the molecule is O=C(O)CCc1c(O)cc(Br)c(O)c1Br. The summed E-state index contributed by atoms with van der Waals surface area (Å²) in [6.45, 7) is 0. The van der Waals surface area contributed by atoms with Crippen LogP contribution in [0.25, 0.3) is 0 Å². The lowest BCUT2D eigenvalue weighted by Crippen LogP contribution is -1.98. The summed E-state index contributed by atoms with van der Waals surface area (Å²) in [5.74, 6) is -1.05. The van der Waals surface area contributed by atoms with Gasteiger partial charge in [0.05, 0.1) is 8.95 Å². The van der Waals surface area contributed by atoms with Gasteiger partial charge in [-0.25, -0.2) is 0 Å². The summed E-state index contributed by atoms with van der Waals surface area (Å²) in [6, 6.07) is 1.33. The summed E-state index contributed by atoms with van der Waals surface area (Å²) < 4.78 is 0.668. The number of carboxylic acids is 1. The van der Waals surface area contributed by atoms with Gasteiger partial charge >= 0.3 is 5.97 Å². The minimum absolute atomic E-state index is 0.0480. The first-order valence-corrected chi connectivity index (χ1v) is 5.62. The minimum atomic E-state index is -0.955. The number of hydrogen-bond acceptors (Lipinski definition) is 3. The third kappa shape index (κ3) is 2.85. The van der Waals surface area contributed by atoms with Crippen molar-refractivity contribution in [1.29, 1.82) is 0 Å². The molecule has 0 amide bonds. The zero-order valence-corrected chi connectivity index (χ0v) is 10.7. The van der Waals surface area contributed by atoms with Crippen LogP contribution in [-0.4, -0.2) is 21.3 Å². The van der Waals surface area contributed by atoms with E-state index in [4.69, 9.17) is 5.11 Å². The van der Waals surface area contributed by atoms with Gasteiger partial charge in [0.1, 0.15) is 11.5 Å². The molecule has 0 spiro atoms. The quantitative estimate of drug-likeness (QED) is 0.740. The summed E-state index contributed by atoms with van der Waals surface area (Å²) in [6.07, 6.45) is 0.0514. The van der Waals surface area contributed by atoms with Crippen LogP contribution in [0.2, 0.25) is 0 Å². The van der Waals surface area contributed by atoms with Crippen molar-refractivity contribution in [1.82, 2.24) is 0 Å². The van der Waals surface area contributed by atoms with Gasteiger partial charge in [-0.3, -0.25) is 4.79 Å². The van der Waals surface area contributed by atoms with E-state index >= 15 is 0 Å². The molecular weight excluding hydrogens is 332 g/mol. The molecule has 15 heavy (non-hydrogen) atoms. The highest BCUT2D eigenvalue weighted by Crippen LogP contribution is 2.40. The molecule has 1 aromatic rings. The van der Waals surface area contributed by atoms with Crippen molar-refractivity contribution in [3.05, 3.63) is 20.6 Å². The maximum atomic E-state index is 10.4. The highest BCUT2D eigenvalue weighted by atomic mass is 79.9. The smallest absolute Gasteiger partial charge is 0.303 e. The number of benzene rings is 1. The zero-order valence-electron chi connectivity index (χ0n) is 7.50. The molecule has 6 heteroatoms. The fourth-order valence-corrected chi connectivity index (χ4v) is 2.40. The molecule has 0 aromatic heterocycles. The fraction of sp³-hybridized carbons (Fsp3) is 0.222. The van der Waals surface area contributed by atoms with Crippen molar-refractivity contribution < 1.29 is 20.1 Å². The van der Waals surface area contributed by atoms with Crippen molar-refractivity contribution in [2.75, 3.05) is 0 Å². The lowest BCUT2D eigenvalue weighted by atomic mass is 10.1. The van der Waals surface area contributed by atoms with Crippen LogP contribution in [0.5, 0.6) is 11.5 Å². The summed E-state index contributed by atoms with van der Waals surface area (Å²) in [4.78, 5) is 10.4. The largest absolute Gasteiger partial charge is 0.508 e. The Morgan fingerprint density at radius 1 is 1.33 bits per heavy atom. The van der Waals surface area contributed by atoms with Crippen LogP contribution in [0.15, 0.2) is 15.0 Å². The van der Waals surface area contributed by atoms with Gasteiger partial charge in [-0.15, -0.1) is 0 Å². The van der Waals surface area contributed by atoms with Crippen LogP contribution in [0, 0.1) is 0 Å². The molecule has 4 nitrogen and oxygen atoms in total. The molecule has 1 aromatic carbocycles. The molecule has 0 aliphatic heterocycles. The molecule has 0 fully saturated rings. The number of rotatable bonds is 3. The molecule has 0 aliphatic carbocycles. The van der Waals surface area contributed by atoms with Crippen molar-refractivity contribution in [3.63, 3.8) is 0 Å². The van der Waals surface area contributed by atoms with Gasteiger partial charge in [-0.1, -0.05) is 0 Å². The second kappa shape index (κ2) is 4.85. The first kappa shape index (κ1) is 12.3.